The van der Waals surface area contributed by atoms with Gasteiger partial charge in [0.05, 0.1) is 12.0 Å². The van der Waals surface area contributed by atoms with Gasteiger partial charge in [-0.2, -0.15) is 8.78 Å². The molecular weight excluding hydrogens is 392 g/mol. The zero-order valence-corrected chi connectivity index (χ0v) is 15.0. The van der Waals surface area contributed by atoms with Crippen molar-refractivity contribution in [1.82, 2.24) is 0 Å². The van der Waals surface area contributed by atoms with Gasteiger partial charge in [0.2, 0.25) is 5.91 Å². The molecule has 0 atom stereocenters. The normalized spacial score (nSPS) is 11.3. The molecule has 6 nitrogen and oxygen atoms in total. The van der Waals surface area contributed by atoms with Crippen molar-refractivity contribution in [3.8, 4) is 11.5 Å². The highest BCUT2D eigenvalue weighted by molar-refractivity contribution is 7.92. The third-order valence-corrected chi connectivity index (χ3v) is 5.04. The molecule has 0 unspecified atom stereocenters. The number of anilines is 1. The van der Waals surface area contributed by atoms with E-state index in [0.717, 1.165) is 6.07 Å². The zero-order chi connectivity index (χ0) is 19.3. The lowest BCUT2D eigenvalue weighted by molar-refractivity contribution is -0.113. The summed E-state index contributed by atoms with van der Waals surface area (Å²) in [6, 6.07) is 9.14. The van der Waals surface area contributed by atoms with Crippen molar-refractivity contribution in [2.45, 2.75) is 11.5 Å². The van der Waals surface area contributed by atoms with Gasteiger partial charge in [-0.25, -0.2) is 8.42 Å². The summed E-state index contributed by atoms with van der Waals surface area (Å²) >= 11 is 5.70. The molecule has 2 aromatic rings. The Morgan fingerprint density at radius 1 is 1.15 bits per heavy atom. The molecule has 0 aliphatic heterocycles. The van der Waals surface area contributed by atoms with Crippen molar-refractivity contribution in [2.24, 2.45) is 0 Å². The van der Waals surface area contributed by atoms with Crippen molar-refractivity contribution in [3.63, 3.8) is 0 Å². The fourth-order valence-corrected chi connectivity index (χ4v) is 3.30. The van der Waals surface area contributed by atoms with Gasteiger partial charge in [-0.3, -0.25) is 4.79 Å². The van der Waals surface area contributed by atoms with E-state index in [9.17, 15) is 22.0 Å². The van der Waals surface area contributed by atoms with Gasteiger partial charge in [0.1, 0.15) is 5.75 Å². The van der Waals surface area contributed by atoms with E-state index in [2.05, 4.69) is 10.1 Å². The molecule has 2 rings (SSSR count). The smallest absolute Gasteiger partial charge is 0.387 e. The first-order chi connectivity index (χ1) is 12.2. The first-order valence-corrected chi connectivity index (χ1v) is 9.15. The number of halogens is 3. The van der Waals surface area contributed by atoms with Crippen LogP contribution in [-0.4, -0.2) is 33.8 Å². The molecule has 0 fully saturated rings. The average molecular weight is 406 g/mol. The number of nitrogens with one attached hydrogen (secondary N) is 1. The number of carbonyl (C=O) groups excluding carboxylic acids is 1. The fraction of sp³-hybridized carbons (Fsp3) is 0.188. The molecular formula is C16H14ClF2NO5S. The van der Waals surface area contributed by atoms with Crippen LogP contribution in [-0.2, 0) is 14.6 Å². The Hall–Kier alpha value is -2.39. The zero-order valence-electron chi connectivity index (χ0n) is 13.4. The quantitative estimate of drug-likeness (QED) is 0.763. The topological polar surface area (TPSA) is 81.7 Å². The monoisotopic (exact) mass is 405 g/mol. The Morgan fingerprint density at radius 3 is 2.38 bits per heavy atom. The van der Waals surface area contributed by atoms with Crippen LogP contribution in [0.1, 0.15) is 0 Å². The second-order valence-corrected chi connectivity index (χ2v) is 7.43. The third kappa shape index (κ3) is 5.30. The number of hydrogen-bond donors (Lipinski definition) is 1. The average Bonchev–Trinajstić information content (AvgIpc) is 2.54. The molecule has 0 heterocycles. The molecule has 26 heavy (non-hydrogen) atoms. The molecule has 0 aliphatic rings. The molecule has 0 spiro atoms. The molecule has 0 saturated heterocycles. The van der Waals surface area contributed by atoms with Gasteiger partial charge in [0.25, 0.3) is 0 Å². The highest BCUT2D eigenvalue weighted by Gasteiger charge is 2.20. The number of amides is 1. The highest BCUT2D eigenvalue weighted by Crippen LogP contribution is 2.31. The number of sulfone groups is 1. The molecule has 1 N–H and O–H groups in total. The van der Waals surface area contributed by atoms with Crippen molar-refractivity contribution < 1.29 is 31.5 Å². The van der Waals surface area contributed by atoms with Gasteiger partial charge < -0.3 is 14.8 Å². The first-order valence-electron chi connectivity index (χ1n) is 7.12. The second-order valence-electron chi connectivity index (χ2n) is 5.01. The SMILES string of the molecule is COc1ccc(NC(=O)CS(=O)(=O)c2ccc(Cl)cc2)cc1OC(F)F. The molecule has 140 valence electrons. The number of carbonyl (C=O) groups is 1. The van der Waals surface area contributed by atoms with Gasteiger partial charge in [0, 0.05) is 16.8 Å². The van der Waals surface area contributed by atoms with Crippen LogP contribution in [0.4, 0.5) is 14.5 Å². The van der Waals surface area contributed by atoms with Crippen molar-refractivity contribution in [3.05, 3.63) is 47.5 Å². The van der Waals surface area contributed by atoms with Gasteiger partial charge in [-0.05, 0) is 36.4 Å². The van der Waals surface area contributed by atoms with E-state index in [1.807, 2.05) is 0 Å². The summed E-state index contributed by atoms with van der Waals surface area (Å²) in [5.41, 5.74) is 0.0813. The number of ether oxygens (including phenoxy) is 2. The number of alkyl halides is 2. The molecule has 10 heteroatoms. The minimum Gasteiger partial charge on any atom is -0.493 e. The standard InChI is InChI=1S/C16H14ClF2NO5S/c1-24-13-7-4-11(8-14(13)25-16(18)19)20-15(21)9-26(22,23)12-5-2-10(17)3-6-12/h2-8,16H,9H2,1H3,(H,20,21). The number of rotatable bonds is 7. The Balaban J connectivity index is 2.13. The summed E-state index contributed by atoms with van der Waals surface area (Å²) in [7, 11) is -2.62. The third-order valence-electron chi connectivity index (χ3n) is 3.16. The lowest BCUT2D eigenvalue weighted by Crippen LogP contribution is -2.23. The maximum Gasteiger partial charge on any atom is 0.387 e. The van der Waals surface area contributed by atoms with E-state index in [1.165, 1.54) is 43.5 Å². The molecule has 0 saturated carbocycles. The van der Waals surface area contributed by atoms with Gasteiger partial charge in [0.15, 0.2) is 21.3 Å². The van der Waals surface area contributed by atoms with Crippen molar-refractivity contribution in [1.29, 1.82) is 0 Å². The van der Waals surface area contributed by atoms with E-state index in [4.69, 9.17) is 16.3 Å². The maximum absolute atomic E-state index is 12.4. The molecule has 1 amide bonds. The lowest BCUT2D eigenvalue weighted by Gasteiger charge is -2.12. The predicted molar refractivity (Wildman–Crippen MR) is 91.8 cm³/mol. The molecule has 0 radical (unpaired) electrons. The van der Waals surface area contributed by atoms with E-state index in [0.29, 0.717) is 5.02 Å². The highest BCUT2D eigenvalue weighted by atomic mass is 35.5. The Bertz CT molecular complexity index is 888. The number of methoxy groups -OCH3 is 1. The minimum absolute atomic E-state index is 0.0390. The van der Waals surface area contributed by atoms with Crippen LogP contribution < -0.4 is 14.8 Å². The Morgan fingerprint density at radius 2 is 1.81 bits per heavy atom. The fourth-order valence-electron chi connectivity index (χ4n) is 2.04. The molecule has 0 aliphatic carbocycles. The minimum atomic E-state index is -3.88. The van der Waals surface area contributed by atoms with Crippen LogP contribution in [0.3, 0.4) is 0 Å². The van der Waals surface area contributed by atoms with Crippen LogP contribution in [0, 0.1) is 0 Å². The number of hydrogen-bond acceptors (Lipinski definition) is 5. The summed E-state index contributed by atoms with van der Waals surface area (Å²) in [6.45, 7) is -3.08. The van der Waals surface area contributed by atoms with Crippen LogP contribution in [0.25, 0.3) is 0 Å². The van der Waals surface area contributed by atoms with Crippen LogP contribution >= 0.6 is 11.6 Å². The van der Waals surface area contributed by atoms with E-state index in [1.54, 1.807) is 0 Å². The van der Waals surface area contributed by atoms with Crippen molar-refractivity contribution in [2.75, 3.05) is 18.2 Å². The first kappa shape index (κ1) is 19.9. The summed E-state index contributed by atoms with van der Waals surface area (Å²) in [4.78, 5) is 12.0. The summed E-state index contributed by atoms with van der Waals surface area (Å²) in [5.74, 6) is -1.92. The summed E-state index contributed by atoms with van der Waals surface area (Å²) in [6.07, 6.45) is 0. The maximum atomic E-state index is 12.4. The van der Waals surface area contributed by atoms with Crippen LogP contribution in [0.5, 0.6) is 11.5 Å². The lowest BCUT2D eigenvalue weighted by atomic mass is 10.2. The van der Waals surface area contributed by atoms with E-state index >= 15 is 0 Å². The number of benzene rings is 2. The Kier molecular flexibility index (Phi) is 6.38. The Labute approximate surface area is 153 Å². The van der Waals surface area contributed by atoms with Crippen LogP contribution in [0.15, 0.2) is 47.4 Å². The molecule has 0 aromatic heterocycles. The van der Waals surface area contributed by atoms with Crippen molar-refractivity contribution >= 4 is 33.0 Å². The van der Waals surface area contributed by atoms with Gasteiger partial charge >= 0.3 is 6.61 Å². The predicted octanol–water partition coefficient (Wildman–Crippen LogP) is 3.36. The molecule has 2 aromatic carbocycles. The summed E-state index contributed by atoms with van der Waals surface area (Å²) in [5, 5.41) is 2.68. The second kappa shape index (κ2) is 8.33. The van der Waals surface area contributed by atoms with E-state index < -0.39 is 28.1 Å². The summed E-state index contributed by atoms with van der Waals surface area (Å²) < 4.78 is 58.4. The van der Waals surface area contributed by atoms with Gasteiger partial charge in [-0.15, -0.1) is 0 Å². The van der Waals surface area contributed by atoms with Gasteiger partial charge in [-0.1, -0.05) is 11.6 Å². The molecule has 0 bridgehead atoms. The largest absolute Gasteiger partial charge is 0.493 e. The van der Waals surface area contributed by atoms with E-state index in [-0.39, 0.29) is 22.1 Å². The van der Waals surface area contributed by atoms with Crippen LogP contribution in [0.2, 0.25) is 5.02 Å².